The van der Waals surface area contributed by atoms with Crippen LogP contribution in [-0.4, -0.2) is 54.9 Å². The van der Waals surface area contributed by atoms with Gasteiger partial charge in [0.2, 0.25) is 0 Å². The molecule has 0 saturated carbocycles. The SMILES string of the molecule is COCCCCCCc1sc(CCCCCCOC)c2c1-c1ccc3c4c(ccc-2c14)-c1c(CCCCCCOC)sc(CCCCCCOC)c1-3. The quantitative estimate of drug-likeness (QED) is 0.0469. The van der Waals surface area contributed by atoms with Crippen LogP contribution in [0.5, 0.6) is 0 Å². The van der Waals surface area contributed by atoms with E-state index in [0.29, 0.717) is 0 Å². The molecule has 6 rings (SSSR count). The lowest BCUT2D eigenvalue weighted by Crippen LogP contribution is -1.90. The number of aryl methyl sites for hydroxylation is 4. The van der Waals surface area contributed by atoms with Crippen LogP contribution < -0.4 is 0 Å². The molecule has 284 valence electrons. The molecule has 2 aliphatic rings. The van der Waals surface area contributed by atoms with Crippen molar-refractivity contribution in [2.24, 2.45) is 0 Å². The number of fused-ring (bicyclic) bond motifs is 6. The molecule has 0 saturated heterocycles. The molecule has 0 amide bonds. The number of thiophene rings is 2. The summed E-state index contributed by atoms with van der Waals surface area (Å²) in [5.41, 5.74) is 12.4. The Morgan fingerprint density at radius 2 is 0.558 bits per heavy atom. The van der Waals surface area contributed by atoms with E-state index in [4.69, 9.17) is 18.9 Å². The largest absolute Gasteiger partial charge is 0.385 e. The van der Waals surface area contributed by atoms with Gasteiger partial charge in [0, 0.05) is 96.6 Å². The minimum atomic E-state index is 0.877. The summed E-state index contributed by atoms with van der Waals surface area (Å²) < 4.78 is 21.3. The molecule has 0 fully saturated rings. The Bertz CT molecular complexity index is 1470. The molecule has 0 aliphatic heterocycles. The first-order valence-electron chi connectivity index (χ1n) is 20.6. The van der Waals surface area contributed by atoms with Crippen LogP contribution >= 0.6 is 22.7 Å². The van der Waals surface area contributed by atoms with E-state index in [9.17, 15) is 0 Å². The number of ether oxygens (including phenoxy) is 4. The molecule has 2 heterocycles. The summed E-state index contributed by atoms with van der Waals surface area (Å²) in [7, 11) is 7.27. The molecule has 2 aliphatic carbocycles. The zero-order chi connectivity index (χ0) is 36.1. The summed E-state index contributed by atoms with van der Waals surface area (Å²) in [6.07, 6.45) is 24.6. The minimum Gasteiger partial charge on any atom is -0.385 e. The molecule has 0 bridgehead atoms. The number of rotatable bonds is 28. The molecule has 0 spiro atoms. The van der Waals surface area contributed by atoms with E-state index in [1.165, 1.54) is 151 Å². The zero-order valence-electron chi connectivity index (χ0n) is 32.7. The van der Waals surface area contributed by atoms with Gasteiger partial charge in [-0.3, -0.25) is 0 Å². The summed E-state index contributed by atoms with van der Waals surface area (Å²) >= 11 is 4.27. The highest BCUT2D eigenvalue weighted by Crippen LogP contribution is 2.61. The van der Waals surface area contributed by atoms with Gasteiger partial charge in [0.15, 0.2) is 0 Å². The van der Waals surface area contributed by atoms with Crippen LogP contribution in [0.2, 0.25) is 0 Å². The molecule has 52 heavy (non-hydrogen) atoms. The molecule has 6 heteroatoms. The molecule has 0 atom stereocenters. The van der Waals surface area contributed by atoms with Gasteiger partial charge in [0.25, 0.3) is 0 Å². The Labute approximate surface area is 322 Å². The molecule has 0 unspecified atom stereocenters. The summed E-state index contributed by atoms with van der Waals surface area (Å²) in [4.78, 5) is 6.50. The Hall–Kier alpha value is -2.06. The van der Waals surface area contributed by atoms with Crippen LogP contribution in [0.4, 0.5) is 0 Å². The third kappa shape index (κ3) is 9.07. The van der Waals surface area contributed by atoms with Gasteiger partial charge in [-0.05, 0) is 110 Å². The molecule has 0 N–H and O–H groups in total. The fraction of sp³-hybridized carbons (Fsp3) is 0.609. The summed E-state index contributed by atoms with van der Waals surface area (Å²) in [6, 6.07) is 10.1. The summed E-state index contributed by atoms with van der Waals surface area (Å²) in [5, 5.41) is 3.10. The van der Waals surface area contributed by atoms with Crippen molar-refractivity contribution in [1.82, 2.24) is 0 Å². The number of unbranched alkanes of at least 4 members (excludes halogenated alkanes) is 12. The lowest BCUT2D eigenvalue weighted by molar-refractivity contribution is 0.192. The first kappa shape index (κ1) is 39.6. The lowest BCUT2D eigenvalue weighted by Gasteiger charge is -2.10. The first-order chi connectivity index (χ1) is 25.7. The number of hydrogen-bond donors (Lipinski definition) is 0. The monoisotopic (exact) mass is 744 g/mol. The molecule has 2 aromatic heterocycles. The highest BCUT2D eigenvalue weighted by molar-refractivity contribution is 7.13. The first-order valence-corrected chi connectivity index (χ1v) is 22.2. The van der Waals surface area contributed by atoms with Gasteiger partial charge in [-0.2, -0.15) is 0 Å². The Morgan fingerprint density at radius 1 is 0.327 bits per heavy atom. The molecular weight excluding hydrogens is 681 g/mol. The highest BCUT2D eigenvalue weighted by Gasteiger charge is 2.35. The predicted octanol–water partition coefficient (Wildman–Crippen LogP) is 13.3. The molecule has 2 aromatic carbocycles. The van der Waals surface area contributed by atoms with Crippen molar-refractivity contribution in [2.45, 2.75) is 128 Å². The van der Waals surface area contributed by atoms with Crippen molar-refractivity contribution < 1.29 is 18.9 Å². The van der Waals surface area contributed by atoms with Gasteiger partial charge >= 0.3 is 0 Å². The molecule has 0 radical (unpaired) electrons. The van der Waals surface area contributed by atoms with Crippen LogP contribution in [0.25, 0.3) is 55.3 Å². The second-order valence-electron chi connectivity index (χ2n) is 15.1. The van der Waals surface area contributed by atoms with Gasteiger partial charge in [0.1, 0.15) is 0 Å². The van der Waals surface area contributed by atoms with Crippen molar-refractivity contribution in [1.29, 1.82) is 0 Å². The third-order valence-corrected chi connectivity index (χ3v) is 14.0. The Kier molecular flexibility index (Phi) is 15.7. The average Bonchev–Trinajstić information content (AvgIpc) is 3.89. The van der Waals surface area contributed by atoms with E-state index >= 15 is 0 Å². The van der Waals surface area contributed by atoms with Crippen LogP contribution in [0.3, 0.4) is 0 Å². The second kappa shape index (κ2) is 20.6. The Balaban J connectivity index is 1.31. The molecule has 4 aromatic rings. The summed E-state index contributed by atoms with van der Waals surface area (Å²) in [6.45, 7) is 3.51. The fourth-order valence-electron chi connectivity index (χ4n) is 8.77. The van der Waals surface area contributed by atoms with Gasteiger partial charge in [-0.1, -0.05) is 75.6 Å². The summed E-state index contributed by atoms with van der Waals surface area (Å²) in [5.74, 6) is 0. The average molecular weight is 745 g/mol. The predicted molar refractivity (Wildman–Crippen MR) is 225 cm³/mol. The highest BCUT2D eigenvalue weighted by atomic mass is 32.1. The van der Waals surface area contributed by atoms with Gasteiger partial charge in [-0.15, -0.1) is 22.7 Å². The van der Waals surface area contributed by atoms with Crippen LogP contribution in [0.15, 0.2) is 24.3 Å². The van der Waals surface area contributed by atoms with E-state index in [0.717, 1.165) is 26.4 Å². The zero-order valence-corrected chi connectivity index (χ0v) is 34.4. The van der Waals surface area contributed by atoms with Gasteiger partial charge < -0.3 is 18.9 Å². The number of benzene rings is 2. The van der Waals surface area contributed by atoms with E-state index in [1.54, 1.807) is 52.5 Å². The van der Waals surface area contributed by atoms with Crippen molar-refractivity contribution >= 4 is 33.4 Å². The van der Waals surface area contributed by atoms with Crippen molar-refractivity contribution in [3.05, 3.63) is 43.8 Å². The van der Waals surface area contributed by atoms with Gasteiger partial charge in [0.05, 0.1) is 0 Å². The topological polar surface area (TPSA) is 36.9 Å². The van der Waals surface area contributed by atoms with Gasteiger partial charge in [-0.25, -0.2) is 0 Å². The molecular formula is C46H64O4S2. The van der Waals surface area contributed by atoms with Crippen LogP contribution in [-0.2, 0) is 44.6 Å². The van der Waals surface area contributed by atoms with Crippen molar-refractivity contribution in [3.63, 3.8) is 0 Å². The Morgan fingerprint density at radius 3 is 0.788 bits per heavy atom. The second-order valence-corrected chi connectivity index (χ2v) is 17.5. The maximum Gasteiger partial charge on any atom is 0.0462 e. The van der Waals surface area contributed by atoms with Crippen molar-refractivity contribution in [2.75, 3.05) is 54.9 Å². The van der Waals surface area contributed by atoms with E-state index < -0.39 is 0 Å². The van der Waals surface area contributed by atoms with Crippen LogP contribution in [0, 0.1) is 0 Å². The number of hydrogen-bond acceptors (Lipinski definition) is 6. The fourth-order valence-corrected chi connectivity index (χ4v) is 11.6. The smallest absolute Gasteiger partial charge is 0.0462 e. The van der Waals surface area contributed by atoms with Crippen molar-refractivity contribution in [3.8, 4) is 44.5 Å². The van der Waals surface area contributed by atoms with Crippen LogP contribution in [0.1, 0.15) is 122 Å². The lowest BCUT2D eigenvalue weighted by atomic mass is 9.96. The minimum absolute atomic E-state index is 0.877. The normalized spacial score (nSPS) is 12.5. The maximum atomic E-state index is 5.33. The van der Waals surface area contributed by atoms with E-state index in [-0.39, 0.29) is 0 Å². The maximum absolute atomic E-state index is 5.33. The van der Waals surface area contributed by atoms with E-state index in [2.05, 4.69) is 46.9 Å². The number of methoxy groups -OCH3 is 4. The standard InChI is InChI=1S/C46H64O4S2/c1-47-29-17-9-5-13-21-37-43-33-25-26-35-42-36(28-27-34(41(33)42)44(43)38(51-37)22-14-6-10-18-30-48-2)46-40(24-16-8-12-20-32-50-4)52-39(45(35)46)23-15-7-11-19-31-49-3/h25-28H,5-24,29-32H2,1-4H3. The molecule has 4 nitrogen and oxygen atoms in total. The van der Waals surface area contributed by atoms with E-state index in [1.807, 2.05) is 28.4 Å². The third-order valence-electron chi connectivity index (χ3n) is 11.4.